The Hall–Kier alpha value is -1.51. The largest absolute Gasteiger partial charge is 0.497 e. The smallest absolute Gasteiger partial charge is 0.306 e. The van der Waals surface area contributed by atoms with Gasteiger partial charge >= 0.3 is 5.97 Å². The molecule has 0 saturated heterocycles. The van der Waals surface area contributed by atoms with Crippen LogP contribution in [-0.2, 0) is 4.79 Å². The van der Waals surface area contributed by atoms with Gasteiger partial charge in [-0.25, -0.2) is 0 Å². The molecule has 0 heterocycles. The summed E-state index contributed by atoms with van der Waals surface area (Å²) in [6, 6.07) is 7.51. The van der Waals surface area contributed by atoms with Gasteiger partial charge in [-0.05, 0) is 23.6 Å². The average molecular weight is 208 g/mol. The number of carboxylic acid groups (broad SMARTS) is 1. The number of hydrogen-bond acceptors (Lipinski definition) is 2. The predicted molar refractivity (Wildman–Crippen MR) is 58.2 cm³/mol. The summed E-state index contributed by atoms with van der Waals surface area (Å²) >= 11 is 0. The second kappa shape index (κ2) is 4.82. The minimum absolute atomic E-state index is 0.00778. The summed E-state index contributed by atoms with van der Waals surface area (Å²) in [5.41, 5.74) is 1.02. The topological polar surface area (TPSA) is 46.5 Å². The lowest BCUT2D eigenvalue weighted by atomic mass is 9.89. The molecule has 3 nitrogen and oxygen atoms in total. The predicted octanol–water partition coefficient (Wildman–Crippen LogP) is 2.52. The van der Waals surface area contributed by atoms with E-state index in [2.05, 4.69) is 0 Å². The number of methoxy groups -OCH3 is 1. The van der Waals surface area contributed by atoms with E-state index in [4.69, 9.17) is 9.84 Å². The lowest BCUT2D eigenvalue weighted by molar-refractivity contribution is -0.141. The minimum atomic E-state index is -0.765. The Morgan fingerprint density at radius 3 is 2.20 bits per heavy atom. The third kappa shape index (κ3) is 2.72. The third-order valence-corrected chi connectivity index (χ3v) is 2.78. The lowest BCUT2D eigenvalue weighted by Crippen LogP contribution is -2.16. The molecular weight excluding hydrogens is 192 g/mol. The van der Waals surface area contributed by atoms with E-state index in [9.17, 15) is 4.79 Å². The Morgan fingerprint density at radius 1 is 1.27 bits per heavy atom. The Bertz CT molecular complexity index is 329. The molecule has 0 fully saturated rings. The molecule has 1 N–H and O–H groups in total. The summed E-state index contributed by atoms with van der Waals surface area (Å²) in [4.78, 5) is 10.8. The molecule has 1 rings (SSSR count). The fourth-order valence-corrected chi connectivity index (χ4v) is 1.41. The van der Waals surface area contributed by atoms with Gasteiger partial charge in [-0.15, -0.1) is 0 Å². The lowest BCUT2D eigenvalue weighted by Gasteiger charge is -2.16. The number of ether oxygens (including phenoxy) is 1. The molecule has 3 heteroatoms. The van der Waals surface area contributed by atoms with Crippen molar-refractivity contribution in [2.24, 2.45) is 5.92 Å². The summed E-state index contributed by atoms with van der Waals surface area (Å²) < 4.78 is 5.04. The summed E-state index contributed by atoms with van der Waals surface area (Å²) in [6.45, 7) is 3.64. The summed E-state index contributed by atoms with van der Waals surface area (Å²) in [6.07, 6.45) is 0. The normalized spacial score (nSPS) is 14.3. The first-order chi connectivity index (χ1) is 7.06. The van der Waals surface area contributed by atoms with Gasteiger partial charge in [-0.1, -0.05) is 26.0 Å². The van der Waals surface area contributed by atoms with Gasteiger partial charge in [0, 0.05) is 0 Å². The van der Waals surface area contributed by atoms with Crippen molar-refractivity contribution in [1.29, 1.82) is 0 Å². The van der Waals surface area contributed by atoms with Gasteiger partial charge in [0.15, 0.2) is 0 Å². The molecule has 15 heavy (non-hydrogen) atoms. The second-order valence-corrected chi connectivity index (χ2v) is 3.69. The molecule has 0 spiro atoms. The molecule has 0 aliphatic carbocycles. The molecular formula is C12H16O3. The van der Waals surface area contributed by atoms with Gasteiger partial charge in [0.1, 0.15) is 5.75 Å². The van der Waals surface area contributed by atoms with Crippen molar-refractivity contribution >= 4 is 5.97 Å². The molecule has 2 unspecified atom stereocenters. The molecule has 0 amide bonds. The number of carbonyl (C=O) groups is 1. The van der Waals surface area contributed by atoms with Gasteiger partial charge in [-0.3, -0.25) is 4.79 Å². The third-order valence-electron chi connectivity index (χ3n) is 2.78. The quantitative estimate of drug-likeness (QED) is 0.827. The van der Waals surface area contributed by atoms with Crippen LogP contribution in [0.25, 0.3) is 0 Å². The molecule has 1 aromatic carbocycles. The van der Waals surface area contributed by atoms with Crippen LogP contribution in [-0.4, -0.2) is 18.2 Å². The van der Waals surface area contributed by atoms with Gasteiger partial charge < -0.3 is 9.84 Å². The Kier molecular flexibility index (Phi) is 3.72. The second-order valence-electron chi connectivity index (χ2n) is 3.69. The zero-order chi connectivity index (χ0) is 11.4. The van der Waals surface area contributed by atoms with E-state index in [1.807, 2.05) is 31.2 Å². The van der Waals surface area contributed by atoms with Crippen molar-refractivity contribution < 1.29 is 14.6 Å². The van der Waals surface area contributed by atoms with Crippen molar-refractivity contribution in [2.75, 3.05) is 7.11 Å². The minimum Gasteiger partial charge on any atom is -0.497 e. The summed E-state index contributed by atoms with van der Waals surface area (Å²) in [5, 5.41) is 8.89. The van der Waals surface area contributed by atoms with Crippen molar-refractivity contribution in [1.82, 2.24) is 0 Å². The van der Waals surface area contributed by atoms with Crippen LogP contribution >= 0.6 is 0 Å². The van der Waals surface area contributed by atoms with Crippen molar-refractivity contribution in [3.05, 3.63) is 29.8 Å². The Labute approximate surface area is 89.7 Å². The highest BCUT2D eigenvalue weighted by atomic mass is 16.5. The van der Waals surface area contributed by atoms with Crippen LogP contribution in [0.2, 0.25) is 0 Å². The van der Waals surface area contributed by atoms with Crippen molar-refractivity contribution in [2.45, 2.75) is 19.8 Å². The highest BCUT2D eigenvalue weighted by Gasteiger charge is 2.20. The first kappa shape index (κ1) is 11.6. The van der Waals surface area contributed by atoms with Gasteiger partial charge in [0.2, 0.25) is 0 Å². The van der Waals surface area contributed by atoms with Crippen LogP contribution in [0.4, 0.5) is 0 Å². The fourth-order valence-electron chi connectivity index (χ4n) is 1.41. The maximum atomic E-state index is 10.8. The molecule has 0 saturated carbocycles. The number of rotatable bonds is 4. The zero-order valence-corrected chi connectivity index (χ0v) is 9.23. The van der Waals surface area contributed by atoms with E-state index in [1.54, 1.807) is 14.0 Å². The zero-order valence-electron chi connectivity index (χ0n) is 9.23. The molecule has 0 aliphatic rings. The molecule has 1 aromatic rings. The van der Waals surface area contributed by atoms with Gasteiger partial charge in [0.05, 0.1) is 13.0 Å². The van der Waals surface area contributed by atoms with Crippen molar-refractivity contribution in [3.63, 3.8) is 0 Å². The van der Waals surface area contributed by atoms with Crippen LogP contribution in [0.5, 0.6) is 5.75 Å². The Morgan fingerprint density at radius 2 is 1.80 bits per heavy atom. The van der Waals surface area contributed by atoms with Crippen LogP contribution in [0.15, 0.2) is 24.3 Å². The number of hydrogen-bond donors (Lipinski definition) is 1. The molecule has 0 bridgehead atoms. The molecule has 2 atom stereocenters. The average Bonchev–Trinajstić information content (AvgIpc) is 2.27. The SMILES string of the molecule is COc1ccc(C(C)C(C)C(=O)O)cc1. The molecule has 0 aliphatic heterocycles. The van der Waals surface area contributed by atoms with Crippen LogP contribution in [0.3, 0.4) is 0 Å². The van der Waals surface area contributed by atoms with Crippen molar-refractivity contribution in [3.8, 4) is 5.75 Å². The van der Waals surface area contributed by atoms with Gasteiger partial charge in [0.25, 0.3) is 0 Å². The monoisotopic (exact) mass is 208 g/mol. The summed E-state index contributed by atoms with van der Waals surface area (Å²) in [7, 11) is 1.61. The van der Waals surface area contributed by atoms with Crippen LogP contribution in [0, 0.1) is 5.92 Å². The fraction of sp³-hybridized carbons (Fsp3) is 0.417. The van der Waals surface area contributed by atoms with Crippen LogP contribution < -0.4 is 4.74 Å². The van der Waals surface area contributed by atoms with E-state index >= 15 is 0 Å². The first-order valence-corrected chi connectivity index (χ1v) is 4.93. The van der Waals surface area contributed by atoms with E-state index in [1.165, 1.54) is 0 Å². The standard InChI is InChI=1S/C12H16O3/c1-8(9(2)12(13)14)10-4-6-11(15-3)7-5-10/h4-9H,1-3H3,(H,13,14). The molecule has 82 valence electrons. The molecule has 0 radical (unpaired) electrons. The first-order valence-electron chi connectivity index (χ1n) is 4.93. The maximum Gasteiger partial charge on any atom is 0.306 e. The number of carboxylic acids is 1. The van der Waals surface area contributed by atoms with E-state index < -0.39 is 5.97 Å². The maximum absolute atomic E-state index is 10.8. The van der Waals surface area contributed by atoms with E-state index in [-0.39, 0.29) is 11.8 Å². The summed E-state index contributed by atoms with van der Waals surface area (Å²) in [5.74, 6) is -0.348. The number of benzene rings is 1. The van der Waals surface area contributed by atoms with Crippen LogP contribution in [0.1, 0.15) is 25.3 Å². The number of aliphatic carboxylic acids is 1. The Balaban J connectivity index is 2.82. The highest BCUT2D eigenvalue weighted by Crippen LogP contribution is 2.25. The highest BCUT2D eigenvalue weighted by molar-refractivity contribution is 5.70. The van der Waals surface area contributed by atoms with E-state index in [0.717, 1.165) is 11.3 Å². The van der Waals surface area contributed by atoms with E-state index in [0.29, 0.717) is 0 Å². The molecule has 0 aromatic heterocycles. The van der Waals surface area contributed by atoms with Gasteiger partial charge in [-0.2, -0.15) is 0 Å².